The molecule has 0 saturated carbocycles. The first-order valence-electron chi connectivity index (χ1n) is 8.42. The maximum atomic E-state index is 11.8. The lowest BCUT2D eigenvalue weighted by Gasteiger charge is -2.14. The van der Waals surface area contributed by atoms with Gasteiger partial charge < -0.3 is 10.6 Å². The van der Waals surface area contributed by atoms with Crippen LogP contribution in [0, 0.1) is 0 Å². The highest BCUT2D eigenvalue weighted by molar-refractivity contribution is 6.18. The van der Waals surface area contributed by atoms with Gasteiger partial charge in [0.2, 0.25) is 0 Å². The SMILES string of the molecule is CCCCCCCc1ccc(NC(=O)NC(CC)CCl)cc1. The third-order valence-electron chi connectivity index (χ3n) is 3.80. The number of carbonyl (C=O) groups excluding carboxylic acids is 1. The van der Waals surface area contributed by atoms with Crippen molar-refractivity contribution in [3.8, 4) is 0 Å². The van der Waals surface area contributed by atoms with E-state index in [-0.39, 0.29) is 12.1 Å². The molecule has 0 heterocycles. The van der Waals surface area contributed by atoms with Gasteiger partial charge in [-0.2, -0.15) is 0 Å². The minimum atomic E-state index is -0.195. The van der Waals surface area contributed by atoms with E-state index in [0.717, 1.165) is 18.5 Å². The Balaban J connectivity index is 2.33. The van der Waals surface area contributed by atoms with Crippen molar-refractivity contribution in [1.82, 2.24) is 5.32 Å². The van der Waals surface area contributed by atoms with Crippen molar-refractivity contribution < 1.29 is 4.79 Å². The number of amides is 2. The van der Waals surface area contributed by atoms with Gasteiger partial charge >= 0.3 is 6.03 Å². The Bertz CT molecular complexity index is 416. The van der Waals surface area contributed by atoms with E-state index in [9.17, 15) is 4.79 Å². The number of unbranched alkanes of at least 4 members (excludes halogenated alkanes) is 4. The van der Waals surface area contributed by atoms with E-state index in [4.69, 9.17) is 11.6 Å². The van der Waals surface area contributed by atoms with Gasteiger partial charge in [0.15, 0.2) is 0 Å². The summed E-state index contributed by atoms with van der Waals surface area (Å²) in [4.78, 5) is 11.8. The molecule has 3 nitrogen and oxygen atoms in total. The maximum absolute atomic E-state index is 11.8. The second-order valence-electron chi connectivity index (χ2n) is 5.72. The molecule has 22 heavy (non-hydrogen) atoms. The van der Waals surface area contributed by atoms with Gasteiger partial charge in [-0.05, 0) is 37.0 Å². The second kappa shape index (κ2) is 11.4. The fourth-order valence-corrected chi connectivity index (χ4v) is 2.59. The van der Waals surface area contributed by atoms with Crippen molar-refractivity contribution in [2.24, 2.45) is 0 Å². The second-order valence-corrected chi connectivity index (χ2v) is 6.03. The minimum absolute atomic E-state index is 0.0176. The number of carbonyl (C=O) groups is 1. The third-order valence-corrected chi connectivity index (χ3v) is 4.17. The van der Waals surface area contributed by atoms with Gasteiger partial charge in [-0.3, -0.25) is 0 Å². The van der Waals surface area contributed by atoms with Gasteiger partial charge in [-0.25, -0.2) is 4.79 Å². The highest BCUT2D eigenvalue weighted by Crippen LogP contribution is 2.13. The van der Waals surface area contributed by atoms with Crippen molar-refractivity contribution in [1.29, 1.82) is 0 Å². The predicted octanol–water partition coefficient (Wildman–Crippen LogP) is 5.34. The number of alkyl halides is 1. The lowest BCUT2D eigenvalue weighted by molar-refractivity contribution is 0.249. The molecule has 0 aliphatic carbocycles. The van der Waals surface area contributed by atoms with E-state index >= 15 is 0 Å². The Morgan fingerprint density at radius 2 is 1.77 bits per heavy atom. The quantitative estimate of drug-likeness (QED) is 0.442. The summed E-state index contributed by atoms with van der Waals surface area (Å²) in [6.45, 7) is 4.24. The van der Waals surface area contributed by atoms with Crippen LogP contribution in [-0.4, -0.2) is 18.0 Å². The van der Waals surface area contributed by atoms with E-state index in [1.54, 1.807) is 0 Å². The standard InChI is InChI=1S/C18H29ClN2O/c1-3-5-6-7-8-9-15-10-12-17(13-11-15)21-18(22)20-16(4-2)14-19/h10-13,16H,3-9,14H2,1-2H3,(H2,20,21,22). The Morgan fingerprint density at radius 3 is 2.36 bits per heavy atom. The number of benzene rings is 1. The number of nitrogens with one attached hydrogen (secondary N) is 2. The summed E-state index contributed by atoms with van der Waals surface area (Å²) >= 11 is 5.77. The van der Waals surface area contributed by atoms with Crippen LogP contribution in [0.15, 0.2) is 24.3 Å². The van der Waals surface area contributed by atoms with Crippen molar-refractivity contribution >= 4 is 23.3 Å². The first-order chi connectivity index (χ1) is 10.7. The van der Waals surface area contributed by atoms with E-state index in [1.165, 1.54) is 37.7 Å². The average molecular weight is 325 g/mol. The van der Waals surface area contributed by atoms with Gasteiger partial charge in [0.25, 0.3) is 0 Å². The molecule has 2 N–H and O–H groups in total. The molecule has 0 saturated heterocycles. The number of urea groups is 1. The van der Waals surface area contributed by atoms with Crippen LogP contribution in [0.4, 0.5) is 10.5 Å². The zero-order valence-electron chi connectivity index (χ0n) is 13.8. The van der Waals surface area contributed by atoms with Crippen LogP contribution in [0.25, 0.3) is 0 Å². The van der Waals surface area contributed by atoms with E-state index < -0.39 is 0 Å². The molecule has 1 aromatic carbocycles. The molecule has 1 unspecified atom stereocenters. The van der Waals surface area contributed by atoms with Gasteiger partial charge in [0.1, 0.15) is 0 Å². The first-order valence-corrected chi connectivity index (χ1v) is 8.95. The molecule has 0 spiro atoms. The van der Waals surface area contributed by atoms with Gasteiger partial charge in [-0.15, -0.1) is 11.6 Å². The van der Waals surface area contributed by atoms with Crippen LogP contribution in [0.2, 0.25) is 0 Å². The highest BCUT2D eigenvalue weighted by Gasteiger charge is 2.08. The minimum Gasteiger partial charge on any atom is -0.334 e. The van der Waals surface area contributed by atoms with Gasteiger partial charge in [-0.1, -0.05) is 51.7 Å². The summed E-state index contributed by atoms with van der Waals surface area (Å²) in [6.07, 6.45) is 8.42. The highest BCUT2D eigenvalue weighted by atomic mass is 35.5. The lowest BCUT2D eigenvalue weighted by Crippen LogP contribution is -2.38. The number of rotatable bonds is 10. The van der Waals surface area contributed by atoms with Gasteiger partial charge in [0.05, 0.1) is 0 Å². The van der Waals surface area contributed by atoms with Crippen LogP contribution in [0.3, 0.4) is 0 Å². The molecule has 124 valence electrons. The number of aryl methyl sites for hydroxylation is 1. The van der Waals surface area contributed by atoms with Crippen molar-refractivity contribution in [3.05, 3.63) is 29.8 Å². The predicted molar refractivity (Wildman–Crippen MR) is 95.9 cm³/mol. The number of hydrogen-bond donors (Lipinski definition) is 2. The fraction of sp³-hybridized carbons (Fsp3) is 0.611. The monoisotopic (exact) mass is 324 g/mol. The molecule has 2 amide bonds. The molecule has 1 rings (SSSR count). The van der Waals surface area contributed by atoms with E-state index in [0.29, 0.717) is 5.88 Å². The molecule has 0 fully saturated rings. The van der Waals surface area contributed by atoms with Crippen LogP contribution in [0.1, 0.15) is 57.9 Å². The van der Waals surface area contributed by atoms with Gasteiger partial charge in [0, 0.05) is 17.6 Å². The molecule has 1 atom stereocenters. The molecule has 0 aromatic heterocycles. The first kappa shape index (κ1) is 18.8. The zero-order chi connectivity index (χ0) is 16.2. The Hall–Kier alpha value is -1.22. The fourth-order valence-electron chi connectivity index (χ4n) is 2.29. The molecule has 1 aromatic rings. The Morgan fingerprint density at radius 1 is 1.09 bits per heavy atom. The van der Waals surface area contributed by atoms with Crippen LogP contribution in [0.5, 0.6) is 0 Å². The van der Waals surface area contributed by atoms with Crippen LogP contribution < -0.4 is 10.6 Å². The summed E-state index contributed by atoms with van der Waals surface area (Å²) in [5.74, 6) is 0.431. The average Bonchev–Trinajstić information content (AvgIpc) is 2.54. The van der Waals surface area contributed by atoms with E-state index in [2.05, 4.69) is 29.7 Å². The molecular weight excluding hydrogens is 296 g/mol. The van der Waals surface area contributed by atoms with Crippen LogP contribution in [-0.2, 0) is 6.42 Å². The van der Waals surface area contributed by atoms with Crippen LogP contribution >= 0.6 is 11.6 Å². The summed E-state index contributed by atoms with van der Waals surface area (Å²) in [6, 6.07) is 7.93. The lowest BCUT2D eigenvalue weighted by atomic mass is 10.1. The molecule has 0 bridgehead atoms. The molecule has 0 radical (unpaired) electrons. The normalized spacial score (nSPS) is 12.0. The summed E-state index contributed by atoms with van der Waals surface area (Å²) in [5.41, 5.74) is 2.14. The zero-order valence-corrected chi connectivity index (χ0v) is 14.6. The van der Waals surface area contributed by atoms with E-state index in [1.807, 2.05) is 19.1 Å². The molecule has 4 heteroatoms. The largest absolute Gasteiger partial charge is 0.334 e. The summed E-state index contributed by atoms with van der Waals surface area (Å²) in [5, 5.41) is 5.69. The smallest absolute Gasteiger partial charge is 0.319 e. The topological polar surface area (TPSA) is 41.1 Å². The Kier molecular flexibility index (Phi) is 9.72. The molecule has 0 aliphatic heterocycles. The number of anilines is 1. The van der Waals surface area contributed by atoms with Crippen molar-refractivity contribution in [2.75, 3.05) is 11.2 Å². The number of hydrogen-bond acceptors (Lipinski definition) is 1. The summed E-state index contributed by atoms with van der Waals surface area (Å²) < 4.78 is 0. The number of halogens is 1. The van der Waals surface area contributed by atoms with Crippen molar-refractivity contribution in [2.45, 2.75) is 64.8 Å². The summed E-state index contributed by atoms with van der Waals surface area (Å²) in [7, 11) is 0. The molecular formula is C18H29ClN2O. The Labute approximate surface area is 139 Å². The third kappa shape index (κ3) is 7.69. The molecule has 0 aliphatic rings. The van der Waals surface area contributed by atoms with Crippen molar-refractivity contribution in [3.63, 3.8) is 0 Å². The maximum Gasteiger partial charge on any atom is 0.319 e.